The first-order chi connectivity index (χ1) is 9.66. The number of aromatic hydroxyl groups is 1. The van der Waals surface area contributed by atoms with Gasteiger partial charge in [-0.25, -0.2) is 0 Å². The molecule has 4 heteroatoms. The lowest BCUT2D eigenvalue weighted by atomic mass is 10.2. The van der Waals surface area contributed by atoms with Gasteiger partial charge < -0.3 is 10.0 Å². The molecule has 1 aromatic carbocycles. The number of hydrogen-bond acceptors (Lipinski definition) is 3. The predicted molar refractivity (Wildman–Crippen MR) is 88.9 cm³/mol. The second kappa shape index (κ2) is 10.4. The van der Waals surface area contributed by atoms with Gasteiger partial charge in [0.05, 0.1) is 4.91 Å². The fourth-order valence-electron chi connectivity index (χ4n) is 1.47. The quantitative estimate of drug-likeness (QED) is 0.796. The highest BCUT2D eigenvalue weighted by molar-refractivity contribution is 8.04. The highest BCUT2D eigenvalue weighted by atomic mass is 32.2. The van der Waals surface area contributed by atoms with Gasteiger partial charge >= 0.3 is 0 Å². The lowest BCUT2D eigenvalue weighted by Crippen LogP contribution is -2.33. The first-order valence-electron chi connectivity index (χ1n) is 7.06. The zero-order valence-electron chi connectivity index (χ0n) is 13.0. The fourth-order valence-corrected chi connectivity index (χ4v) is 2.55. The number of hydrogen-bond donors (Lipinski definition) is 1. The minimum atomic E-state index is 0.0734. The maximum atomic E-state index is 11.8. The second-order valence-electron chi connectivity index (χ2n) is 3.68. The maximum absolute atomic E-state index is 11.8. The Bertz CT molecular complexity index is 427. The van der Waals surface area contributed by atoms with Crippen LogP contribution in [0.25, 0.3) is 6.08 Å². The summed E-state index contributed by atoms with van der Waals surface area (Å²) in [5, 5.41) is 9.16. The minimum absolute atomic E-state index is 0.0734. The second-order valence-corrected chi connectivity index (χ2v) is 4.81. The van der Waals surface area contributed by atoms with Crippen molar-refractivity contribution in [2.75, 3.05) is 19.3 Å². The number of carbonyl (C=O) groups is 1. The molecule has 1 fully saturated rings. The molecule has 2 rings (SSSR count). The van der Waals surface area contributed by atoms with E-state index in [1.165, 1.54) is 0 Å². The molecule has 1 saturated heterocycles. The third-order valence-electron chi connectivity index (χ3n) is 2.43. The van der Waals surface area contributed by atoms with Gasteiger partial charge in [-0.15, -0.1) is 11.8 Å². The molecule has 0 aliphatic carbocycles. The van der Waals surface area contributed by atoms with Crippen molar-refractivity contribution in [3.63, 3.8) is 0 Å². The molecule has 1 amide bonds. The Labute approximate surface area is 126 Å². The topological polar surface area (TPSA) is 40.5 Å². The summed E-state index contributed by atoms with van der Waals surface area (Å²) in [6.07, 6.45) is 1.86. The van der Waals surface area contributed by atoms with E-state index >= 15 is 0 Å². The van der Waals surface area contributed by atoms with E-state index in [-0.39, 0.29) is 11.7 Å². The predicted octanol–water partition coefficient (Wildman–Crippen LogP) is 3.99. The molecule has 0 radical (unpaired) electrons. The number of likely N-dealkylation sites (N-methyl/N-ethyl adjacent to an activating group) is 1. The molecular weight excluding hydrogens is 270 g/mol. The van der Waals surface area contributed by atoms with Crippen LogP contribution in [0.4, 0.5) is 0 Å². The van der Waals surface area contributed by atoms with Crippen molar-refractivity contribution >= 4 is 23.7 Å². The van der Waals surface area contributed by atoms with Crippen LogP contribution in [0.15, 0.2) is 29.2 Å². The van der Waals surface area contributed by atoms with E-state index in [2.05, 4.69) is 0 Å². The van der Waals surface area contributed by atoms with Gasteiger partial charge in [0.15, 0.2) is 0 Å². The summed E-state index contributed by atoms with van der Waals surface area (Å²) in [5.74, 6) is 1.25. The average Bonchev–Trinajstić information content (AvgIpc) is 2.50. The third-order valence-corrected chi connectivity index (χ3v) is 3.42. The fraction of sp³-hybridized carbons (Fsp3) is 0.438. The van der Waals surface area contributed by atoms with Crippen LogP contribution in [0.1, 0.15) is 33.3 Å². The molecule has 1 aromatic rings. The Morgan fingerprint density at radius 3 is 2.25 bits per heavy atom. The summed E-state index contributed by atoms with van der Waals surface area (Å²) in [4.78, 5) is 14.3. The Morgan fingerprint density at radius 1 is 1.15 bits per heavy atom. The first-order valence-corrected chi connectivity index (χ1v) is 8.04. The Morgan fingerprint density at radius 2 is 1.70 bits per heavy atom. The largest absolute Gasteiger partial charge is 0.508 e. The van der Waals surface area contributed by atoms with Crippen molar-refractivity contribution in [3.05, 3.63) is 34.7 Å². The van der Waals surface area contributed by atoms with Crippen LogP contribution in [0.2, 0.25) is 0 Å². The van der Waals surface area contributed by atoms with Gasteiger partial charge in [0.2, 0.25) is 0 Å². The maximum Gasteiger partial charge on any atom is 0.260 e. The van der Waals surface area contributed by atoms with E-state index < -0.39 is 0 Å². The lowest BCUT2D eigenvalue weighted by molar-refractivity contribution is -0.125. The molecule has 0 saturated carbocycles. The van der Waals surface area contributed by atoms with Crippen LogP contribution in [-0.2, 0) is 4.79 Å². The molecule has 112 valence electrons. The number of amides is 1. The summed E-state index contributed by atoms with van der Waals surface area (Å²) >= 11 is 1.58. The summed E-state index contributed by atoms with van der Waals surface area (Å²) < 4.78 is 0. The number of carbonyl (C=O) groups excluding carboxylic acids is 1. The van der Waals surface area contributed by atoms with Crippen LogP contribution >= 0.6 is 11.8 Å². The number of nitrogens with zero attached hydrogens (tertiary/aromatic N) is 1. The molecular formula is C16H25NO2S. The number of phenolic OH excluding ortho intramolecular Hbond substituents is 1. The van der Waals surface area contributed by atoms with Gasteiger partial charge in [-0.05, 0) is 23.8 Å². The highest BCUT2D eigenvalue weighted by Gasteiger charge is 2.20. The van der Waals surface area contributed by atoms with Crippen LogP contribution in [0.5, 0.6) is 5.75 Å². The molecule has 3 nitrogen and oxygen atoms in total. The molecule has 1 N–H and O–H groups in total. The molecule has 0 aromatic heterocycles. The van der Waals surface area contributed by atoms with Gasteiger partial charge in [0, 0.05) is 19.3 Å². The van der Waals surface area contributed by atoms with Gasteiger partial charge in [-0.2, -0.15) is 0 Å². The standard InChI is InChI=1S/C12H13NO2S.2C2H6/c1-13-6-7-16-11(12(13)15)8-9-2-4-10(14)5-3-9;2*1-2/h2-5,8,14H,6-7H2,1H3;2*1-2H3/b11-8-;;. The molecule has 1 heterocycles. The number of thioether (sulfide) groups is 1. The number of phenols is 1. The van der Waals surface area contributed by atoms with E-state index in [1.54, 1.807) is 40.9 Å². The van der Waals surface area contributed by atoms with E-state index in [9.17, 15) is 4.79 Å². The normalized spacial score (nSPS) is 15.9. The van der Waals surface area contributed by atoms with Crippen molar-refractivity contribution in [3.8, 4) is 5.75 Å². The van der Waals surface area contributed by atoms with E-state index in [0.29, 0.717) is 0 Å². The van der Waals surface area contributed by atoms with Gasteiger partial charge in [0.1, 0.15) is 5.75 Å². The minimum Gasteiger partial charge on any atom is -0.508 e. The molecule has 0 spiro atoms. The smallest absolute Gasteiger partial charge is 0.260 e. The van der Waals surface area contributed by atoms with Crippen molar-refractivity contribution < 1.29 is 9.90 Å². The van der Waals surface area contributed by atoms with Crippen molar-refractivity contribution in [1.29, 1.82) is 0 Å². The SMILES string of the molecule is CC.CC.CN1CCS/C(=C\c2ccc(O)cc2)C1=O. The lowest BCUT2D eigenvalue weighted by Gasteiger charge is -2.23. The van der Waals surface area contributed by atoms with Crippen LogP contribution < -0.4 is 0 Å². The van der Waals surface area contributed by atoms with Gasteiger partial charge in [-0.3, -0.25) is 4.79 Å². The molecule has 0 bridgehead atoms. The summed E-state index contributed by atoms with van der Waals surface area (Å²) in [7, 11) is 1.81. The summed E-state index contributed by atoms with van der Waals surface area (Å²) in [6.45, 7) is 8.80. The zero-order valence-corrected chi connectivity index (χ0v) is 13.8. The number of benzene rings is 1. The van der Waals surface area contributed by atoms with Gasteiger partial charge in [0.25, 0.3) is 5.91 Å². The molecule has 0 atom stereocenters. The molecule has 1 aliphatic heterocycles. The average molecular weight is 295 g/mol. The summed E-state index contributed by atoms with van der Waals surface area (Å²) in [6, 6.07) is 6.83. The highest BCUT2D eigenvalue weighted by Crippen LogP contribution is 2.25. The van der Waals surface area contributed by atoms with Crippen LogP contribution in [-0.4, -0.2) is 35.3 Å². The van der Waals surface area contributed by atoms with Crippen molar-refractivity contribution in [2.45, 2.75) is 27.7 Å². The Balaban J connectivity index is 0.000000829. The van der Waals surface area contributed by atoms with Crippen LogP contribution in [0.3, 0.4) is 0 Å². The zero-order chi connectivity index (χ0) is 15.5. The number of rotatable bonds is 1. The van der Waals surface area contributed by atoms with Gasteiger partial charge in [-0.1, -0.05) is 39.8 Å². The third kappa shape index (κ3) is 5.70. The monoisotopic (exact) mass is 295 g/mol. The first kappa shape index (κ1) is 18.6. The molecule has 1 aliphatic rings. The van der Waals surface area contributed by atoms with Crippen molar-refractivity contribution in [2.24, 2.45) is 0 Å². The van der Waals surface area contributed by atoms with Crippen LogP contribution in [0, 0.1) is 0 Å². The molecule has 20 heavy (non-hydrogen) atoms. The van der Waals surface area contributed by atoms with E-state index in [1.807, 2.05) is 40.8 Å². The molecule has 0 unspecified atom stereocenters. The van der Waals surface area contributed by atoms with Crippen molar-refractivity contribution in [1.82, 2.24) is 4.90 Å². The van der Waals surface area contributed by atoms with E-state index in [0.717, 1.165) is 22.8 Å². The Kier molecular flexibility index (Phi) is 9.64. The Hall–Kier alpha value is -1.42. The van der Waals surface area contributed by atoms with E-state index in [4.69, 9.17) is 5.11 Å². The summed E-state index contributed by atoms with van der Waals surface area (Å²) in [5.41, 5.74) is 0.934.